The first kappa shape index (κ1) is 33.8. The van der Waals surface area contributed by atoms with E-state index in [1.165, 1.54) is 18.4 Å². The summed E-state index contributed by atoms with van der Waals surface area (Å²) in [6.45, 7) is 13.5. The van der Waals surface area contributed by atoms with Crippen molar-refractivity contribution < 1.29 is 35.6 Å². The Kier molecular flexibility index (Phi) is 48.6. The van der Waals surface area contributed by atoms with E-state index in [-0.39, 0.29) is 35.6 Å². The van der Waals surface area contributed by atoms with Crippen LogP contribution in [0.25, 0.3) is 0 Å². The number of unbranched alkanes of at least 4 members (excludes halogenated alkanes) is 2. The average molecular weight is 401 g/mol. The quantitative estimate of drug-likeness (QED) is 0.650. The average Bonchev–Trinajstić information content (AvgIpc) is 3.08. The molecule has 0 saturated carbocycles. The molecule has 0 saturated heterocycles. The van der Waals surface area contributed by atoms with Crippen LogP contribution in [0, 0.1) is 20.8 Å². The molecule has 0 spiro atoms. The molecule has 0 fully saturated rings. The third-order valence-electron chi connectivity index (χ3n) is 2.20. The predicted molar refractivity (Wildman–Crippen MR) is 93.7 cm³/mol. The normalized spacial score (nSPS) is 7.00. The topological polar surface area (TPSA) is 0 Å². The van der Waals surface area contributed by atoms with Gasteiger partial charge >= 0.3 is 26.2 Å². The Labute approximate surface area is 161 Å². The predicted octanol–water partition coefficient (Wildman–Crippen LogP) is 0.647. The first-order valence-electron chi connectivity index (χ1n) is 7.49. The van der Waals surface area contributed by atoms with Gasteiger partial charge in [0.25, 0.3) is 0 Å². The summed E-state index contributed by atoms with van der Waals surface area (Å²) in [4.78, 5) is 0. The molecule has 0 nitrogen and oxygen atoms in total. The maximum atomic E-state index is 3.60. The molecule has 23 heavy (non-hydrogen) atoms. The summed E-state index contributed by atoms with van der Waals surface area (Å²) >= 11 is 0. The fourth-order valence-electron chi connectivity index (χ4n) is 0.855. The van der Waals surface area contributed by atoms with Crippen LogP contribution in [0.2, 0.25) is 0 Å². The second-order valence-electron chi connectivity index (χ2n) is 4.32. The molecule has 2 aromatic rings. The molecule has 0 heterocycles. The Balaban J connectivity index is -0.0000000619. The Morgan fingerprint density at radius 1 is 0.783 bits per heavy atom. The largest absolute Gasteiger partial charge is 2.00 e. The van der Waals surface area contributed by atoms with Gasteiger partial charge in [-0.3, -0.25) is 0 Å². The summed E-state index contributed by atoms with van der Waals surface area (Å²) in [5.74, 6) is 0. The summed E-state index contributed by atoms with van der Waals surface area (Å²) in [5.41, 5.74) is 1.32. The van der Waals surface area contributed by atoms with Crippen LogP contribution in [0.3, 0.4) is 0 Å². The Hall–Kier alpha value is -0.687. The van der Waals surface area contributed by atoms with Crippen LogP contribution < -0.4 is 9.41 Å². The summed E-state index contributed by atoms with van der Waals surface area (Å²) in [6, 6.07) is 20.3. The number of halogens is 2. The van der Waals surface area contributed by atoms with Crippen LogP contribution in [0.1, 0.15) is 45.1 Å². The maximum absolute atomic E-state index is 3.60. The fraction of sp³-hybridized carbons (Fsp3) is 0.350. The number of rotatable bonds is 2. The Morgan fingerprint density at radius 2 is 1.13 bits per heavy atom. The van der Waals surface area contributed by atoms with Crippen molar-refractivity contribution in [2.75, 3.05) is 0 Å². The van der Waals surface area contributed by atoms with Gasteiger partial charge in [0.15, 0.2) is 0 Å². The second-order valence-corrected chi connectivity index (χ2v) is 4.32. The second kappa shape index (κ2) is 33.0. The first-order chi connectivity index (χ1) is 9.72. The smallest absolute Gasteiger partial charge is 1.00 e. The van der Waals surface area contributed by atoms with Crippen LogP contribution in [-0.2, 0) is 26.2 Å². The van der Waals surface area contributed by atoms with Crippen molar-refractivity contribution >= 4 is 0 Å². The molecule has 0 amide bonds. The van der Waals surface area contributed by atoms with E-state index >= 15 is 0 Å². The molecule has 2 rings (SSSR count). The zero-order valence-electron chi connectivity index (χ0n) is 14.8. The molecule has 0 aliphatic heterocycles. The molecule has 2 aromatic carbocycles. The molecule has 0 radical (unpaired) electrons. The van der Waals surface area contributed by atoms with Crippen LogP contribution in [0.15, 0.2) is 60.7 Å². The number of aryl methyl sites for hydroxylation is 1. The van der Waals surface area contributed by atoms with E-state index in [0.717, 1.165) is 12.8 Å². The van der Waals surface area contributed by atoms with E-state index in [1.807, 2.05) is 48.5 Å². The van der Waals surface area contributed by atoms with E-state index in [1.54, 1.807) is 0 Å². The van der Waals surface area contributed by atoms with Crippen LogP contribution in [-0.4, -0.2) is 0 Å². The van der Waals surface area contributed by atoms with Crippen molar-refractivity contribution in [1.29, 1.82) is 0 Å². The first-order valence-corrected chi connectivity index (χ1v) is 7.49. The van der Waals surface area contributed by atoms with E-state index in [2.05, 4.69) is 46.8 Å². The van der Waals surface area contributed by atoms with Gasteiger partial charge in [-0.1, -0.05) is 62.6 Å². The van der Waals surface area contributed by atoms with Crippen molar-refractivity contribution in [2.45, 2.75) is 46.5 Å². The van der Waals surface area contributed by atoms with Gasteiger partial charge in [-0.15, -0.1) is 0 Å². The van der Waals surface area contributed by atoms with E-state index < -0.39 is 0 Å². The van der Waals surface area contributed by atoms with E-state index in [4.69, 9.17) is 0 Å². The van der Waals surface area contributed by atoms with Gasteiger partial charge in [0.1, 0.15) is 0 Å². The maximum Gasteiger partial charge on any atom is 2.00 e. The Bertz CT molecular complexity index is 309. The molecule has 0 atom stereocenters. The molecular formula is C20H31F2Zr-3. The van der Waals surface area contributed by atoms with Gasteiger partial charge in [-0.25, -0.2) is 12.1 Å². The van der Waals surface area contributed by atoms with Crippen molar-refractivity contribution in [3.05, 3.63) is 80.1 Å². The zero-order valence-corrected chi connectivity index (χ0v) is 17.2. The monoisotopic (exact) mass is 399 g/mol. The standard InChI is InChI=1S/C7H8.C5H5.2C4H9.2FH.Zr/c1-7-5-3-2-4-6-7;1-2-4-5-3-1;2*1-3-4-2;;;/h2-6H,1H3;1-5H;2*1,3-4H2,2H3;2*1H;/q;3*-1;;;+2/p-2. The van der Waals surface area contributed by atoms with Gasteiger partial charge in [-0.05, 0) is 6.92 Å². The number of hydrogen-bond acceptors (Lipinski definition) is 0. The van der Waals surface area contributed by atoms with Gasteiger partial charge < -0.3 is 23.3 Å². The Morgan fingerprint density at radius 3 is 1.26 bits per heavy atom. The molecule has 0 aliphatic rings. The van der Waals surface area contributed by atoms with Crippen LogP contribution in [0.4, 0.5) is 0 Å². The molecule has 3 heteroatoms. The zero-order chi connectivity index (χ0) is 15.5. The van der Waals surface area contributed by atoms with Gasteiger partial charge in [0.2, 0.25) is 0 Å². The summed E-state index contributed by atoms with van der Waals surface area (Å²) < 4.78 is 0. The SMILES string of the molecule is Cc1ccccc1.[CH2-]CCC.[CH2-]CCC.[F-].[F-].[Zr+2].c1cc[cH-]c1. The minimum absolute atomic E-state index is 0. The van der Waals surface area contributed by atoms with Crippen molar-refractivity contribution in [3.8, 4) is 0 Å². The minimum Gasteiger partial charge on any atom is -1.00 e. The van der Waals surface area contributed by atoms with Crippen molar-refractivity contribution in [2.24, 2.45) is 0 Å². The minimum atomic E-state index is 0. The molecule has 0 N–H and O–H groups in total. The van der Waals surface area contributed by atoms with Crippen molar-refractivity contribution in [1.82, 2.24) is 0 Å². The third-order valence-corrected chi connectivity index (χ3v) is 2.20. The van der Waals surface area contributed by atoms with Gasteiger partial charge in [0, 0.05) is 0 Å². The number of benzene rings is 1. The summed E-state index contributed by atoms with van der Waals surface area (Å²) in [7, 11) is 0. The fourth-order valence-corrected chi connectivity index (χ4v) is 0.855. The number of hydrogen-bond donors (Lipinski definition) is 0. The summed E-state index contributed by atoms with van der Waals surface area (Å²) in [5, 5.41) is 0. The molecule has 0 aromatic heterocycles. The molecule has 0 bridgehead atoms. The van der Waals surface area contributed by atoms with Crippen LogP contribution in [0.5, 0.6) is 0 Å². The third kappa shape index (κ3) is 38.8. The molecule has 0 aliphatic carbocycles. The van der Waals surface area contributed by atoms with E-state index in [0.29, 0.717) is 0 Å². The molecule has 132 valence electrons. The molecule has 0 unspecified atom stereocenters. The van der Waals surface area contributed by atoms with Crippen molar-refractivity contribution in [3.63, 3.8) is 0 Å². The summed E-state index contributed by atoms with van der Waals surface area (Å²) in [6.07, 6.45) is 4.56. The van der Waals surface area contributed by atoms with Gasteiger partial charge in [0.05, 0.1) is 0 Å². The van der Waals surface area contributed by atoms with E-state index in [9.17, 15) is 0 Å². The van der Waals surface area contributed by atoms with Gasteiger partial charge in [-0.2, -0.15) is 31.0 Å². The van der Waals surface area contributed by atoms with Crippen LogP contribution >= 0.6 is 0 Å². The molecular weight excluding hydrogens is 369 g/mol.